The first kappa shape index (κ1) is 14.5. The van der Waals surface area contributed by atoms with E-state index in [9.17, 15) is 4.79 Å². The number of thiophene rings is 1. The van der Waals surface area contributed by atoms with Crippen LogP contribution in [0.15, 0.2) is 29.1 Å². The highest BCUT2D eigenvalue weighted by Crippen LogP contribution is 2.26. The van der Waals surface area contributed by atoms with E-state index in [1.54, 1.807) is 22.0 Å². The van der Waals surface area contributed by atoms with Gasteiger partial charge in [-0.1, -0.05) is 12.1 Å². The maximum Gasteiger partial charge on any atom is 0.262 e. The molecule has 0 atom stereocenters. The van der Waals surface area contributed by atoms with Crippen LogP contribution in [0.1, 0.15) is 27.4 Å². The van der Waals surface area contributed by atoms with Gasteiger partial charge in [0.1, 0.15) is 10.7 Å². The second-order valence-corrected chi connectivity index (χ2v) is 6.53. The Balaban J connectivity index is 2.16. The molecule has 3 rings (SSSR count). The number of nitrogens with zero attached hydrogens (tertiary/aromatic N) is 3. The number of hydrogen-bond donors (Lipinski definition) is 0. The highest BCUT2D eigenvalue weighted by molar-refractivity contribution is 7.18. The first-order valence-corrected chi connectivity index (χ1v) is 7.79. The van der Waals surface area contributed by atoms with Crippen LogP contribution in [0.4, 0.5) is 0 Å². The smallest absolute Gasteiger partial charge is 0.262 e. The Morgan fingerprint density at radius 3 is 2.82 bits per heavy atom. The number of nitriles is 1. The minimum atomic E-state index is -0.00768. The molecule has 0 spiro atoms. The molecular formula is C17H15N3OS. The second-order valence-electron chi connectivity index (χ2n) is 5.33. The molecule has 5 heteroatoms. The highest BCUT2D eigenvalue weighted by atomic mass is 32.1. The Hall–Kier alpha value is -2.45. The van der Waals surface area contributed by atoms with E-state index in [1.807, 2.05) is 39.0 Å². The average Bonchev–Trinajstić information content (AvgIpc) is 2.78. The molecule has 0 unspecified atom stereocenters. The molecule has 0 saturated heterocycles. The fourth-order valence-corrected chi connectivity index (χ4v) is 3.60. The fraction of sp³-hybridized carbons (Fsp3) is 0.235. The zero-order valence-electron chi connectivity index (χ0n) is 12.7. The lowest BCUT2D eigenvalue weighted by molar-refractivity contribution is 0.713. The molecule has 2 heterocycles. The lowest BCUT2D eigenvalue weighted by Gasteiger charge is -2.10. The van der Waals surface area contributed by atoms with Gasteiger partial charge >= 0.3 is 0 Å². The van der Waals surface area contributed by atoms with Crippen LogP contribution in [0.3, 0.4) is 0 Å². The molecule has 110 valence electrons. The summed E-state index contributed by atoms with van der Waals surface area (Å²) in [6.07, 6.45) is 0. The maximum absolute atomic E-state index is 12.8. The summed E-state index contributed by atoms with van der Waals surface area (Å²) in [5.74, 6) is 0.695. The predicted octanol–water partition coefficient (Wildman–Crippen LogP) is 3.30. The summed E-state index contributed by atoms with van der Waals surface area (Å²) in [7, 11) is 0. The number of fused-ring (bicyclic) bond motifs is 1. The van der Waals surface area contributed by atoms with E-state index in [-0.39, 0.29) is 5.56 Å². The van der Waals surface area contributed by atoms with Gasteiger partial charge in [-0.3, -0.25) is 9.36 Å². The van der Waals surface area contributed by atoms with Crippen molar-refractivity contribution in [1.82, 2.24) is 9.55 Å². The quantitative estimate of drug-likeness (QED) is 0.729. The lowest BCUT2D eigenvalue weighted by atomic mass is 10.1. The van der Waals surface area contributed by atoms with Crippen molar-refractivity contribution in [2.75, 3.05) is 0 Å². The Labute approximate surface area is 132 Å². The third kappa shape index (κ3) is 2.32. The van der Waals surface area contributed by atoms with E-state index in [4.69, 9.17) is 5.26 Å². The normalized spacial score (nSPS) is 10.8. The fourth-order valence-electron chi connectivity index (χ4n) is 2.54. The van der Waals surface area contributed by atoms with Gasteiger partial charge in [-0.25, -0.2) is 4.98 Å². The SMILES string of the molecule is Cc1sc2nc(C)n(Cc3cccc(C#N)c3)c(=O)c2c1C. The number of benzene rings is 1. The minimum absolute atomic E-state index is 0.00768. The van der Waals surface area contributed by atoms with Crippen molar-refractivity contribution < 1.29 is 0 Å². The van der Waals surface area contributed by atoms with E-state index in [0.717, 1.165) is 20.8 Å². The Bertz CT molecular complexity index is 976. The van der Waals surface area contributed by atoms with Crippen LogP contribution in [0, 0.1) is 32.1 Å². The molecular weight excluding hydrogens is 294 g/mol. The van der Waals surface area contributed by atoms with Gasteiger partial charge < -0.3 is 0 Å². The molecule has 3 aromatic rings. The predicted molar refractivity (Wildman–Crippen MR) is 88.4 cm³/mol. The highest BCUT2D eigenvalue weighted by Gasteiger charge is 2.14. The van der Waals surface area contributed by atoms with Gasteiger partial charge in [0.2, 0.25) is 0 Å². The molecule has 0 bridgehead atoms. The van der Waals surface area contributed by atoms with Crippen molar-refractivity contribution in [2.45, 2.75) is 27.3 Å². The van der Waals surface area contributed by atoms with Crippen molar-refractivity contribution in [3.63, 3.8) is 0 Å². The molecule has 0 saturated carbocycles. The Morgan fingerprint density at radius 1 is 1.32 bits per heavy atom. The average molecular weight is 309 g/mol. The van der Waals surface area contributed by atoms with Crippen LogP contribution < -0.4 is 5.56 Å². The summed E-state index contributed by atoms with van der Waals surface area (Å²) in [5, 5.41) is 9.70. The minimum Gasteiger partial charge on any atom is -0.292 e. The molecule has 2 aromatic heterocycles. The molecule has 0 aliphatic heterocycles. The first-order valence-electron chi connectivity index (χ1n) is 6.97. The molecule has 1 aromatic carbocycles. The molecule has 0 radical (unpaired) electrons. The van der Waals surface area contributed by atoms with E-state index in [0.29, 0.717) is 23.3 Å². The summed E-state index contributed by atoms with van der Waals surface area (Å²) in [4.78, 5) is 19.3. The summed E-state index contributed by atoms with van der Waals surface area (Å²) in [6, 6.07) is 9.44. The van der Waals surface area contributed by atoms with Gasteiger partial charge in [-0.15, -0.1) is 11.3 Å². The summed E-state index contributed by atoms with van der Waals surface area (Å²) < 4.78 is 1.68. The monoisotopic (exact) mass is 309 g/mol. The van der Waals surface area contributed by atoms with Gasteiger partial charge in [-0.05, 0) is 44.0 Å². The number of hydrogen-bond acceptors (Lipinski definition) is 4. The molecule has 4 nitrogen and oxygen atoms in total. The maximum atomic E-state index is 12.8. The van der Waals surface area contributed by atoms with E-state index in [2.05, 4.69) is 11.1 Å². The molecule has 0 fully saturated rings. The number of aromatic nitrogens is 2. The van der Waals surface area contributed by atoms with Crippen molar-refractivity contribution >= 4 is 21.6 Å². The standard InChI is InChI=1S/C17H15N3OS/c1-10-11(2)22-16-15(10)17(21)20(12(3)19-16)9-14-6-4-5-13(7-14)8-18/h4-7H,9H2,1-3H3. The molecule has 0 amide bonds. The van der Waals surface area contributed by atoms with Crippen LogP contribution in [0.25, 0.3) is 10.2 Å². The topological polar surface area (TPSA) is 58.7 Å². The van der Waals surface area contributed by atoms with Crippen LogP contribution >= 0.6 is 11.3 Å². The second kappa shape index (κ2) is 5.39. The van der Waals surface area contributed by atoms with Gasteiger partial charge in [0.05, 0.1) is 23.6 Å². The van der Waals surface area contributed by atoms with E-state index >= 15 is 0 Å². The third-order valence-corrected chi connectivity index (χ3v) is 4.98. The van der Waals surface area contributed by atoms with E-state index < -0.39 is 0 Å². The van der Waals surface area contributed by atoms with Crippen molar-refractivity contribution in [1.29, 1.82) is 5.26 Å². The molecule has 0 aliphatic rings. The first-order chi connectivity index (χ1) is 10.5. The Morgan fingerprint density at radius 2 is 2.09 bits per heavy atom. The largest absolute Gasteiger partial charge is 0.292 e. The van der Waals surface area contributed by atoms with Gasteiger partial charge in [0, 0.05) is 4.88 Å². The van der Waals surface area contributed by atoms with Crippen LogP contribution in [0.2, 0.25) is 0 Å². The zero-order chi connectivity index (χ0) is 15.9. The van der Waals surface area contributed by atoms with Crippen LogP contribution in [0.5, 0.6) is 0 Å². The number of aryl methyl sites for hydroxylation is 3. The van der Waals surface area contributed by atoms with Crippen LogP contribution in [-0.4, -0.2) is 9.55 Å². The molecule has 0 N–H and O–H groups in total. The Kier molecular flexibility index (Phi) is 3.55. The van der Waals surface area contributed by atoms with Crippen molar-refractivity contribution in [2.24, 2.45) is 0 Å². The van der Waals surface area contributed by atoms with Gasteiger partial charge in [0.25, 0.3) is 5.56 Å². The summed E-state index contributed by atoms with van der Waals surface area (Å²) >= 11 is 1.56. The van der Waals surface area contributed by atoms with Crippen molar-refractivity contribution in [3.05, 3.63) is 62.0 Å². The summed E-state index contributed by atoms with van der Waals surface area (Å²) in [5.41, 5.74) is 2.53. The molecule has 22 heavy (non-hydrogen) atoms. The summed E-state index contributed by atoms with van der Waals surface area (Å²) in [6.45, 7) is 6.25. The van der Waals surface area contributed by atoms with Gasteiger partial charge in [0.15, 0.2) is 0 Å². The van der Waals surface area contributed by atoms with Crippen LogP contribution in [-0.2, 0) is 6.54 Å². The van der Waals surface area contributed by atoms with E-state index in [1.165, 1.54) is 0 Å². The zero-order valence-corrected chi connectivity index (χ0v) is 13.5. The third-order valence-electron chi connectivity index (χ3n) is 3.88. The van der Waals surface area contributed by atoms with Crippen molar-refractivity contribution in [3.8, 4) is 6.07 Å². The molecule has 0 aliphatic carbocycles. The lowest BCUT2D eigenvalue weighted by Crippen LogP contribution is -2.24. The van der Waals surface area contributed by atoms with Gasteiger partial charge in [-0.2, -0.15) is 5.26 Å². The number of rotatable bonds is 2.